The summed E-state index contributed by atoms with van der Waals surface area (Å²) in [6.45, 7) is 0. The summed E-state index contributed by atoms with van der Waals surface area (Å²) in [5, 5.41) is 0.642. The Hall–Kier alpha value is -0.990. The third kappa shape index (κ3) is 2.74. The van der Waals surface area contributed by atoms with E-state index in [2.05, 4.69) is 15.9 Å². The van der Waals surface area contributed by atoms with Crippen LogP contribution in [0, 0.1) is 0 Å². The van der Waals surface area contributed by atoms with Gasteiger partial charge in [-0.2, -0.15) is 0 Å². The van der Waals surface area contributed by atoms with Crippen molar-refractivity contribution in [1.82, 2.24) is 0 Å². The summed E-state index contributed by atoms with van der Waals surface area (Å²) in [6, 6.07) is 15.1. The van der Waals surface area contributed by atoms with E-state index in [1.54, 1.807) is 6.07 Å². The number of ether oxygens (including phenoxy) is 1. The summed E-state index contributed by atoms with van der Waals surface area (Å²) < 4.78 is 6.47. The molecule has 1 nitrogen and oxygen atoms in total. The monoisotopic (exact) mass is 282 g/mol. The Balaban J connectivity index is 2.22. The Bertz CT molecular complexity index is 456. The second kappa shape index (κ2) is 4.69. The number of halogens is 2. The molecule has 0 unspecified atom stereocenters. The van der Waals surface area contributed by atoms with Crippen molar-refractivity contribution in [3.8, 4) is 11.5 Å². The molecule has 0 atom stereocenters. The van der Waals surface area contributed by atoms with Crippen molar-refractivity contribution in [2.45, 2.75) is 0 Å². The molecule has 0 saturated heterocycles. The standard InChI is InChI=1S/C12H8BrClO/c13-11-7-6-10(8-12(11)14)15-9-4-2-1-3-5-9/h1-8H. The van der Waals surface area contributed by atoms with Gasteiger partial charge in [0.15, 0.2) is 0 Å². The van der Waals surface area contributed by atoms with E-state index in [1.165, 1.54) is 0 Å². The van der Waals surface area contributed by atoms with Crippen LogP contribution >= 0.6 is 27.5 Å². The maximum atomic E-state index is 5.95. The van der Waals surface area contributed by atoms with E-state index < -0.39 is 0 Å². The fourth-order valence-corrected chi connectivity index (χ4v) is 1.58. The lowest BCUT2D eigenvalue weighted by molar-refractivity contribution is 0.482. The third-order valence-electron chi connectivity index (χ3n) is 1.87. The van der Waals surface area contributed by atoms with Gasteiger partial charge in [-0.05, 0) is 40.2 Å². The average Bonchev–Trinajstić information content (AvgIpc) is 2.25. The van der Waals surface area contributed by atoms with Crippen LogP contribution in [0.4, 0.5) is 0 Å². The van der Waals surface area contributed by atoms with Gasteiger partial charge in [0.2, 0.25) is 0 Å². The van der Waals surface area contributed by atoms with Crippen molar-refractivity contribution < 1.29 is 4.74 Å². The van der Waals surface area contributed by atoms with Crippen LogP contribution in [-0.4, -0.2) is 0 Å². The summed E-state index contributed by atoms with van der Waals surface area (Å²) in [4.78, 5) is 0. The van der Waals surface area contributed by atoms with Crippen LogP contribution in [0.2, 0.25) is 5.02 Å². The molecule has 0 spiro atoms. The van der Waals surface area contributed by atoms with Gasteiger partial charge >= 0.3 is 0 Å². The molecule has 0 amide bonds. The van der Waals surface area contributed by atoms with Crippen LogP contribution in [-0.2, 0) is 0 Å². The first-order valence-corrected chi connectivity index (χ1v) is 5.61. The highest BCUT2D eigenvalue weighted by molar-refractivity contribution is 9.10. The number of benzene rings is 2. The van der Waals surface area contributed by atoms with Crippen LogP contribution in [0.15, 0.2) is 53.0 Å². The Kier molecular flexibility index (Phi) is 3.29. The zero-order valence-corrected chi connectivity index (χ0v) is 10.1. The second-order valence-electron chi connectivity index (χ2n) is 2.99. The van der Waals surface area contributed by atoms with Gasteiger partial charge in [0.1, 0.15) is 11.5 Å². The van der Waals surface area contributed by atoms with E-state index in [0.717, 1.165) is 16.0 Å². The molecular weight excluding hydrogens is 275 g/mol. The lowest BCUT2D eigenvalue weighted by Gasteiger charge is -2.05. The minimum atomic E-state index is 0.642. The summed E-state index contributed by atoms with van der Waals surface area (Å²) in [5.41, 5.74) is 0. The minimum absolute atomic E-state index is 0.642. The van der Waals surface area contributed by atoms with Gasteiger partial charge in [-0.1, -0.05) is 29.8 Å². The Morgan fingerprint density at radius 1 is 0.933 bits per heavy atom. The summed E-state index contributed by atoms with van der Waals surface area (Å²) in [5.74, 6) is 1.53. The van der Waals surface area contributed by atoms with Gasteiger partial charge in [0, 0.05) is 10.5 Å². The van der Waals surface area contributed by atoms with E-state index in [4.69, 9.17) is 16.3 Å². The van der Waals surface area contributed by atoms with Crippen LogP contribution in [0.25, 0.3) is 0 Å². The van der Waals surface area contributed by atoms with Crippen LogP contribution < -0.4 is 4.74 Å². The van der Waals surface area contributed by atoms with Crippen molar-refractivity contribution in [3.63, 3.8) is 0 Å². The molecule has 0 radical (unpaired) electrons. The molecule has 0 aromatic heterocycles. The molecule has 15 heavy (non-hydrogen) atoms. The van der Waals surface area contributed by atoms with Gasteiger partial charge in [0.25, 0.3) is 0 Å². The topological polar surface area (TPSA) is 9.23 Å². The van der Waals surface area contributed by atoms with Crippen molar-refractivity contribution >= 4 is 27.5 Å². The molecule has 0 aliphatic rings. The van der Waals surface area contributed by atoms with E-state index >= 15 is 0 Å². The molecule has 3 heteroatoms. The zero-order valence-electron chi connectivity index (χ0n) is 7.78. The summed E-state index contributed by atoms with van der Waals surface area (Å²) >= 11 is 9.28. The molecule has 0 saturated carbocycles. The fourth-order valence-electron chi connectivity index (χ4n) is 1.16. The number of rotatable bonds is 2. The molecule has 2 rings (SSSR count). The first kappa shape index (κ1) is 10.5. The maximum absolute atomic E-state index is 5.95. The van der Waals surface area contributed by atoms with Gasteiger partial charge in [-0.15, -0.1) is 0 Å². The van der Waals surface area contributed by atoms with E-state index in [0.29, 0.717) is 5.02 Å². The quantitative estimate of drug-likeness (QED) is 0.762. The first-order chi connectivity index (χ1) is 7.25. The molecule has 0 aliphatic heterocycles. The SMILES string of the molecule is Clc1cc(Oc2ccccc2)ccc1Br. The van der Waals surface area contributed by atoms with E-state index in [9.17, 15) is 0 Å². The van der Waals surface area contributed by atoms with Gasteiger partial charge < -0.3 is 4.74 Å². The summed E-state index contributed by atoms with van der Waals surface area (Å²) in [7, 11) is 0. The second-order valence-corrected chi connectivity index (χ2v) is 4.25. The number of hydrogen-bond donors (Lipinski definition) is 0. The van der Waals surface area contributed by atoms with Crippen molar-refractivity contribution in [3.05, 3.63) is 58.0 Å². The highest BCUT2D eigenvalue weighted by Gasteiger charge is 2.00. The first-order valence-electron chi connectivity index (χ1n) is 4.43. The number of hydrogen-bond acceptors (Lipinski definition) is 1. The van der Waals surface area contributed by atoms with Gasteiger partial charge in [-0.25, -0.2) is 0 Å². The minimum Gasteiger partial charge on any atom is -0.457 e. The van der Waals surface area contributed by atoms with Crippen molar-refractivity contribution in [2.75, 3.05) is 0 Å². The van der Waals surface area contributed by atoms with Crippen LogP contribution in [0.3, 0.4) is 0 Å². The maximum Gasteiger partial charge on any atom is 0.128 e. The third-order valence-corrected chi connectivity index (χ3v) is 3.10. The van der Waals surface area contributed by atoms with Gasteiger partial charge in [-0.3, -0.25) is 0 Å². The lowest BCUT2D eigenvalue weighted by Crippen LogP contribution is -1.83. The van der Waals surface area contributed by atoms with Crippen LogP contribution in [0.5, 0.6) is 11.5 Å². The average molecular weight is 284 g/mol. The fraction of sp³-hybridized carbons (Fsp3) is 0. The van der Waals surface area contributed by atoms with E-state index in [-0.39, 0.29) is 0 Å². The molecule has 2 aromatic rings. The Morgan fingerprint density at radius 3 is 2.33 bits per heavy atom. The smallest absolute Gasteiger partial charge is 0.128 e. The zero-order chi connectivity index (χ0) is 10.7. The molecule has 0 heterocycles. The Morgan fingerprint density at radius 2 is 1.67 bits per heavy atom. The highest BCUT2D eigenvalue weighted by Crippen LogP contribution is 2.29. The Labute approximate surface area is 102 Å². The molecule has 0 bridgehead atoms. The lowest BCUT2D eigenvalue weighted by atomic mass is 10.3. The molecule has 2 aromatic carbocycles. The number of para-hydroxylation sites is 1. The summed E-state index contributed by atoms with van der Waals surface area (Å²) in [6.07, 6.45) is 0. The van der Waals surface area contributed by atoms with Crippen molar-refractivity contribution in [1.29, 1.82) is 0 Å². The largest absolute Gasteiger partial charge is 0.457 e. The van der Waals surface area contributed by atoms with Crippen molar-refractivity contribution in [2.24, 2.45) is 0 Å². The van der Waals surface area contributed by atoms with E-state index in [1.807, 2.05) is 42.5 Å². The molecule has 76 valence electrons. The van der Waals surface area contributed by atoms with Crippen LogP contribution in [0.1, 0.15) is 0 Å². The molecule has 0 fully saturated rings. The van der Waals surface area contributed by atoms with Gasteiger partial charge in [0.05, 0.1) is 5.02 Å². The predicted molar refractivity (Wildman–Crippen MR) is 65.7 cm³/mol. The molecule has 0 N–H and O–H groups in total. The molecular formula is C12H8BrClO. The highest BCUT2D eigenvalue weighted by atomic mass is 79.9. The predicted octanol–water partition coefficient (Wildman–Crippen LogP) is 4.89. The molecule has 0 aliphatic carbocycles. The normalized spacial score (nSPS) is 10.0.